The molecule has 1 aromatic carbocycles. The molecule has 0 atom stereocenters. The van der Waals surface area contributed by atoms with E-state index in [9.17, 15) is 14.0 Å². The van der Waals surface area contributed by atoms with Gasteiger partial charge >= 0.3 is 0 Å². The molecule has 0 radical (unpaired) electrons. The molecule has 0 bridgehead atoms. The van der Waals surface area contributed by atoms with Gasteiger partial charge in [0, 0.05) is 0 Å². The van der Waals surface area contributed by atoms with Crippen molar-refractivity contribution in [3.05, 3.63) is 84.0 Å². The minimum atomic E-state index is -0.888. The summed E-state index contributed by atoms with van der Waals surface area (Å²) in [5.74, 6) is -1.28. The molecule has 2 amide bonds. The lowest BCUT2D eigenvalue weighted by Gasteiger charge is -2.19. The van der Waals surface area contributed by atoms with Crippen LogP contribution < -0.4 is 10.6 Å². The normalized spacial score (nSPS) is 10.6. The molecular weight excluding hydrogens is 315 g/mol. The number of carbonyl (C=O) groups excluding carboxylic acids is 2. The van der Waals surface area contributed by atoms with Gasteiger partial charge in [0.2, 0.25) is 0 Å². The highest BCUT2D eigenvalue weighted by Gasteiger charge is 2.21. The van der Waals surface area contributed by atoms with Crippen molar-refractivity contribution >= 4 is 11.8 Å². The molecule has 0 aliphatic rings. The highest BCUT2D eigenvalue weighted by molar-refractivity contribution is 5.94. The first-order chi connectivity index (χ1) is 11.6. The minimum Gasteiger partial charge on any atom is -0.459 e. The maximum Gasteiger partial charge on any atom is 0.288 e. The van der Waals surface area contributed by atoms with Crippen LogP contribution in [0.3, 0.4) is 0 Å². The van der Waals surface area contributed by atoms with Gasteiger partial charge in [-0.25, -0.2) is 4.39 Å². The molecule has 2 aromatic heterocycles. The molecule has 0 saturated carbocycles. The lowest BCUT2D eigenvalue weighted by molar-refractivity contribution is 0.0853. The number of halogens is 1. The fourth-order valence-electron chi connectivity index (χ4n) is 2.08. The number of hydrogen-bond donors (Lipinski definition) is 2. The van der Waals surface area contributed by atoms with E-state index in [4.69, 9.17) is 8.83 Å². The van der Waals surface area contributed by atoms with Crippen molar-refractivity contribution in [1.29, 1.82) is 0 Å². The fourth-order valence-corrected chi connectivity index (χ4v) is 2.08. The Kier molecular flexibility index (Phi) is 4.42. The van der Waals surface area contributed by atoms with Gasteiger partial charge in [0.1, 0.15) is 12.0 Å². The summed E-state index contributed by atoms with van der Waals surface area (Å²) in [6.07, 6.45) is 1.84. The summed E-state index contributed by atoms with van der Waals surface area (Å²) in [5, 5.41) is 5.24. The van der Waals surface area contributed by atoms with Crippen LogP contribution in [0.5, 0.6) is 0 Å². The summed E-state index contributed by atoms with van der Waals surface area (Å²) in [6, 6.07) is 11.5. The maximum atomic E-state index is 13.1. The van der Waals surface area contributed by atoms with Crippen molar-refractivity contribution in [1.82, 2.24) is 10.6 Å². The molecule has 122 valence electrons. The Bertz CT molecular complexity index is 763. The summed E-state index contributed by atoms with van der Waals surface area (Å²) in [7, 11) is 0. The Balaban J connectivity index is 1.81. The van der Waals surface area contributed by atoms with Gasteiger partial charge in [-0.15, -0.1) is 0 Å². The van der Waals surface area contributed by atoms with Crippen molar-refractivity contribution in [3.63, 3.8) is 0 Å². The highest BCUT2D eigenvalue weighted by Crippen LogP contribution is 2.14. The van der Waals surface area contributed by atoms with Gasteiger partial charge in [0.25, 0.3) is 11.8 Å². The molecule has 24 heavy (non-hydrogen) atoms. The molecule has 0 aliphatic heterocycles. The lowest BCUT2D eigenvalue weighted by atomic mass is 10.1. The van der Waals surface area contributed by atoms with E-state index in [0.29, 0.717) is 5.56 Å². The predicted molar refractivity (Wildman–Crippen MR) is 81.5 cm³/mol. The molecule has 0 spiro atoms. The largest absolute Gasteiger partial charge is 0.459 e. The monoisotopic (exact) mass is 328 g/mol. The molecule has 2 heterocycles. The van der Waals surface area contributed by atoms with Gasteiger partial charge in [-0.1, -0.05) is 12.1 Å². The first-order valence-electron chi connectivity index (χ1n) is 7.07. The van der Waals surface area contributed by atoms with E-state index in [2.05, 4.69) is 10.6 Å². The third-order valence-electron chi connectivity index (χ3n) is 3.24. The van der Waals surface area contributed by atoms with Crippen LogP contribution >= 0.6 is 0 Å². The van der Waals surface area contributed by atoms with Crippen molar-refractivity contribution in [3.8, 4) is 0 Å². The van der Waals surface area contributed by atoms with Crippen LogP contribution in [0.2, 0.25) is 0 Å². The third kappa shape index (κ3) is 3.52. The summed E-state index contributed by atoms with van der Waals surface area (Å²) in [5.41, 5.74) is 0.496. The number of carbonyl (C=O) groups is 2. The molecule has 2 N–H and O–H groups in total. The summed E-state index contributed by atoms with van der Waals surface area (Å²) in [4.78, 5) is 24.3. The van der Waals surface area contributed by atoms with Gasteiger partial charge in [-0.2, -0.15) is 0 Å². The van der Waals surface area contributed by atoms with Crippen molar-refractivity contribution in [2.24, 2.45) is 0 Å². The van der Waals surface area contributed by atoms with E-state index >= 15 is 0 Å². The zero-order valence-corrected chi connectivity index (χ0v) is 12.4. The summed E-state index contributed by atoms with van der Waals surface area (Å²) >= 11 is 0. The molecule has 6 nitrogen and oxygen atoms in total. The van der Waals surface area contributed by atoms with Gasteiger partial charge in [-0.3, -0.25) is 9.59 Å². The molecule has 0 aliphatic carbocycles. The molecular formula is C17H13FN2O4. The van der Waals surface area contributed by atoms with Gasteiger partial charge in [0.15, 0.2) is 11.5 Å². The first-order valence-corrected chi connectivity index (χ1v) is 7.07. The second-order valence-corrected chi connectivity index (χ2v) is 4.89. The van der Waals surface area contributed by atoms with Crippen molar-refractivity contribution in [2.75, 3.05) is 0 Å². The average molecular weight is 328 g/mol. The fraction of sp³-hybridized carbons (Fsp3) is 0.0588. The van der Waals surface area contributed by atoms with Gasteiger partial charge in [0.05, 0.1) is 12.5 Å². The Morgan fingerprint density at radius 1 is 0.833 bits per heavy atom. The molecule has 3 rings (SSSR count). The van der Waals surface area contributed by atoms with Crippen LogP contribution in [-0.4, -0.2) is 11.8 Å². The van der Waals surface area contributed by atoms with Crippen LogP contribution in [-0.2, 0) is 0 Å². The Hall–Kier alpha value is -3.35. The third-order valence-corrected chi connectivity index (χ3v) is 3.24. The van der Waals surface area contributed by atoms with E-state index in [0.717, 1.165) is 0 Å². The van der Waals surface area contributed by atoms with E-state index in [-0.39, 0.29) is 11.5 Å². The van der Waals surface area contributed by atoms with Gasteiger partial charge < -0.3 is 19.5 Å². The predicted octanol–water partition coefficient (Wildman–Crippen LogP) is 2.87. The number of benzene rings is 1. The van der Waals surface area contributed by atoms with E-state index in [1.54, 1.807) is 12.1 Å². The molecule has 7 heteroatoms. The SMILES string of the molecule is O=C(NC(NC(=O)c1ccco1)c1ccc(F)cc1)c1ccco1. The van der Waals surface area contributed by atoms with Crippen molar-refractivity contribution in [2.45, 2.75) is 6.17 Å². The average Bonchev–Trinajstić information content (AvgIpc) is 3.28. The summed E-state index contributed by atoms with van der Waals surface area (Å²) in [6.45, 7) is 0. The maximum absolute atomic E-state index is 13.1. The number of furan rings is 2. The standard InChI is InChI=1S/C17H13FN2O4/c18-12-7-5-11(6-8-12)15(19-16(21)13-3-1-9-23-13)20-17(22)14-4-2-10-24-14/h1-10,15H,(H,19,21)(H,20,22). The number of nitrogens with one attached hydrogen (secondary N) is 2. The van der Waals surface area contributed by atoms with E-state index < -0.39 is 23.8 Å². The van der Waals surface area contributed by atoms with Crippen LogP contribution in [0, 0.1) is 5.82 Å². The second-order valence-electron chi connectivity index (χ2n) is 4.89. The van der Waals surface area contributed by atoms with Crippen LogP contribution in [0.1, 0.15) is 32.8 Å². The molecule has 3 aromatic rings. The van der Waals surface area contributed by atoms with Crippen LogP contribution in [0.4, 0.5) is 4.39 Å². The van der Waals surface area contributed by atoms with E-state index in [1.165, 1.54) is 48.9 Å². The molecule has 0 unspecified atom stereocenters. The zero-order chi connectivity index (χ0) is 16.9. The second kappa shape index (κ2) is 6.82. The topological polar surface area (TPSA) is 84.5 Å². The van der Waals surface area contributed by atoms with Crippen LogP contribution in [0.25, 0.3) is 0 Å². The number of hydrogen-bond acceptors (Lipinski definition) is 4. The van der Waals surface area contributed by atoms with E-state index in [1.807, 2.05) is 0 Å². The quantitative estimate of drug-likeness (QED) is 0.705. The lowest BCUT2D eigenvalue weighted by Crippen LogP contribution is -2.41. The Morgan fingerprint density at radius 2 is 1.33 bits per heavy atom. The first kappa shape index (κ1) is 15.5. The van der Waals surface area contributed by atoms with Crippen molar-refractivity contribution < 1.29 is 22.8 Å². The summed E-state index contributed by atoms with van der Waals surface area (Å²) < 4.78 is 23.2. The van der Waals surface area contributed by atoms with Gasteiger partial charge in [-0.05, 0) is 42.0 Å². The minimum absolute atomic E-state index is 0.0920. The van der Waals surface area contributed by atoms with Crippen LogP contribution in [0.15, 0.2) is 69.9 Å². The number of amides is 2. The Labute approximate surface area is 136 Å². The zero-order valence-electron chi connectivity index (χ0n) is 12.4. The smallest absolute Gasteiger partial charge is 0.288 e. The number of rotatable bonds is 5. The molecule has 0 fully saturated rings. The Morgan fingerprint density at radius 3 is 1.75 bits per heavy atom. The molecule has 0 saturated heterocycles. The highest BCUT2D eigenvalue weighted by atomic mass is 19.1.